The number of carbonyl (C=O) groups is 1. The van der Waals surface area contributed by atoms with Crippen LogP contribution in [0.5, 0.6) is 0 Å². The van der Waals surface area contributed by atoms with Gasteiger partial charge in [-0.2, -0.15) is 0 Å². The number of hydrogen-bond donors (Lipinski definition) is 1. The van der Waals surface area contributed by atoms with Crippen LogP contribution in [0.1, 0.15) is 45.4 Å². The summed E-state index contributed by atoms with van der Waals surface area (Å²) in [6, 6.07) is -0.405. The van der Waals surface area contributed by atoms with E-state index in [0.717, 1.165) is 6.42 Å². The van der Waals surface area contributed by atoms with Crippen molar-refractivity contribution < 1.29 is 9.53 Å². The Hall–Kier alpha value is -0.280. The Bertz CT molecular complexity index is 181. The minimum atomic E-state index is -0.405. The molecule has 2 N–H and O–H groups in total. The molecule has 1 fully saturated rings. The topological polar surface area (TPSA) is 52.3 Å². The van der Waals surface area contributed by atoms with Gasteiger partial charge in [-0.05, 0) is 19.3 Å². The van der Waals surface area contributed by atoms with Crippen LogP contribution in [-0.2, 0) is 9.53 Å². The molecule has 3 nitrogen and oxygen atoms in total. The molecule has 0 radical (unpaired) electrons. The molecule has 0 aromatic heterocycles. The Balaban J connectivity index is 0.00000196. The number of halogens is 1. The third kappa shape index (κ3) is 5.38. The molecule has 0 heterocycles. The molecule has 0 bridgehead atoms. The van der Waals surface area contributed by atoms with Gasteiger partial charge in [0.25, 0.3) is 0 Å². The number of esters is 1. The van der Waals surface area contributed by atoms with Crippen LogP contribution >= 0.6 is 12.4 Å². The molecule has 0 amide bonds. The van der Waals surface area contributed by atoms with E-state index in [1.807, 2.05) is 6.92 Å². The molecule has 0 aromatic rings. The van der Waals surface area contributed by atoms with Gasteiger partial charge in [0.2, 0.25) is 0 Å². The second kappa shape index (κ2) is 7.94. The Morgan fingerprint density at radius 3 is 2.53 bits per heavy atom. The zero-order valence-corrected chi connectivity index (χ0v) is 10.2. The van der Waals surface area contributed by atoms with E-state index in [1.165, 1.54) is 32.1 Å². The first-order valence-corrected chi connectivity index (χ1v) is 5.66. The predicted octanol–water partition coefficient (Wildman–Crippen LogP) is 2.27. The maximum absolute atomic E-state index is 11.3. The summed E-state index contributed by atoms with van der Waals surface area (Å²) < 4.78 is 4.88. The van der Waals surface area contributed by atoms with Gasteiger partial charge in [0, 0.05) is 0 Å². The second-order valence-corrected chi connectivity index (χ2v) is 4.10. The maximum Gasteiger partial charge on any atom is 0.322 e. The van der Waals surface area contributed by atoms with E-state index in [0.29, 0.717) is 12.5 Å². The van der Waals surface area contributed by atoms with Crippen LogP contribution in [0.2, 0.25) is 0 Å². The molecule has 1 rings (SSSR count). The number of nitrogens with two attached hydrogens (primary N) is 1. The summed E-state index contributed by atoms with van der Waals surface area (Å²) in [6.07, 6.45) is 7.19. The lowest BCUT2D eigenvalue weighted by Gasteiger charge is -2.23. The summed E-state index contributed by atoms with van der Waals surface area (Å²) in [5, 5.41) is 0. The fourth-order valence-electron chi connectivity index (χ4n) is 2.13. The molecule has 0 aliphatic heterocycles. The summed E-state index contributed by atoms with van der Waals surface area (Å²) in [6.45, 7) is 2.24. The zero-order chi connectivity index (χ0) is 10.4. The van der Waals surface area contributed by atoms with Crippen LogP contribution in [0, 0.1) is 5.92 Å². The van der Waals surface area contributed by atoms with Crippen molar-refractivity contribution >= 4 is 18.4 Å². The highest BCUT2D eigenvalue weighted by atomic mass is 35.5. The first kappa shape index (κ1) is 14.7. The average molecular weight is 236 g/mol. The van der Waals surface area contributed by atoms with E-state index >= 15 is 0 Å². The van der Waals surface area contributed by atoms with Gasteiger partial charge in [-0.15, -0.1) is 12.4 Å². The SMILES string of the molecule is CCOC(=O)[C@H](N)CC1CCCCC1.Cl. The molecule has 0 aromatic carbocycles. The van der Waals surface area contributed by atoms with Crippen molar-refractivity contribution in [3.05, 3.63) is 0 Å². The second-order valence-electron chi connectivity index (χ2n) is 4.10. The normalized spacial score (nSPS) is 19.1. The van der Waals surface area contributed by atoms with Gasteiger partial charge in [-0.25, -0.2) is 0 Å². The number of rotatable bonds is 4. The van der Waals surface area contributed by atoms with Crippen LogP contribution in [-0.4, -0.2) is 18.6 Å². The van der Waals surface area contributed by atoms with Crippen molar-refractivity contribution in [2.24, 2.45) is 11.7 Å². The van der Waals surface area contributed by atoms with E-state index in [1.54, 1.807) is 0 Å². The van der Waals surface area contributed by atoms with Crippen molar-refractivity contribution in [3.8, 4) is 0 Å². The highest BCUT2D eigenvalue weighted by Crippen LogP contribution is 2.27. The molecule has 0 unspecified atom stereocenters. The van der Waals surface area contributed by atoms with Gasteiger partial charge in [-0.1, -0.05) is 32.1 Å². The molecule has 15 heavy (non-hydrogen) atoms. The third-order valence-corrected chi connectivity index (χ3v) is 2.90. The summed E-state index contributed by atoms with van der Waals surface area (Å²) in [5.74, 6) is 0.404. The molecule has 0 spiro atoms. The highest BCUT2D eigenvalue weighted by Gasteiger charge is 2.21. The summed E-state index contributed by atoms with van der Waals surface area (Å²) in [4.78, 5) is 11.3. The van der Waals surface area contributed by atoms with E-state index in [9.17, 15) is 4.79 Å². The lowest BCUT2D eigenvalue weighted by molar-refractivity contribution is -0.145. The molecular formula is C11H22ClNO2. The van der Waals surface area contributed by atoms with Gasteiger partial charge < -0.3 is 10.5 Å². The van der Waals surface area contributed by atoms with Gasteiger partial charge in [-0.3, -0.25) is 4.79 Å². The first-order chi connectivity index (χ1) is 6.74. The lowest BCUT2D eigenvalue weighted by Crippen LogP contribution is -2.34. The third-order valence-electron chi connectivity index (χ3n) is 2.90. The van der Waals surface area contributed by atoms with Crippen LogP contribution in [0.3, 0.4) is 0 Å². The van der Waals surface area contributed by atoms with E-state index in [2.05, 4.69) is 0 Å². The zero-order valence-electron chi connectivity index (χ0n) is 9.41. The van der Waals surface area contributed by atoms with Crippen molar-refractivity contribution in [2.45, 2.75) is 51.5 Å². The van der Waals surface area contributed by atoms with Crippen molar-refractivity contribution in [3.63, 3.8) is 0 Å². The van der Waals surface area contributed by atoms with E-state index in [4.69, 9.17) is 10.5 Å². The molecule has 0 saturated heterocycles. The Morgan fingerprint density at radius 2 is 2.00 bits per heavy atom. The molecular weight excluding hydrogens is 214 g/mol. The number of ether oxygens (including phenoxy) is 1. The molecule has 1 atom stereocenters. The van der Waals surface area contributed by atoms with Crippen LogP contribution in [0.25, 0.3) is 0 Å². The van der Waals surface area contributed by atoms with Gasteiger partial charge in [0.1, 0.15) is 6.04 Å². The number of hydrogen-bond acceptors (Lipinski definition) is 3. The minimum Gasteiger partial charge on any atom is -0.465 e. The fraction of sp³-hybridized carbons (Fsp3) is 0.909. The van der Waals surface area contributed by atoms with Crippen molar-refractivity contribution in [2.75, 3.05) is 6.61 Å². The van der Waals surface area contributed by atoms with Gasteiger partial charge >= 0.3 is 5.97 Å². The molecule has 1 saturated carbocycles. The first-order valence-electron chi connectivity index (χ1n) is 5.66. The van der Waals surface area contributed by atoms with E-state index < -0.39 is 6.04 Å². The van der Waals surface area contributed by atoms with Crippen molar-refractivity contribution in [1.82, 2.24) is 0 Å². The Kier molecular flexibility index (Phi) is 7.79. The lowest BCUT2D eigenvalue weighted by atomic mass is 9.85. The van der Waals surface area contributed by atoms with Crippen molar-refractivity contribution in [1.29, 1.82) is 0 Å². The van der Waals surface area contributed by atoms with Crippen LogP contribution in [0.4, 0.5) is 0 Å². The Labute approximate surface area is 98.2 Å². The monoisotopic (exact) mass is 235 g/mol. The van der Waals surface area contributed by atoms with Gasteiger partial charge in [0.15, 0.2) is 0 Å². The summed E-state index contributed by atoms with van der Waals surface area (Å²) in [7, 11) is 0. The fourth-order valence-corrected chi connectivity index (χ4v) is 2.13. The van der Waals surface area contributed by atoms with Gasteiger partial charge in [0.05, 0.1) is 6.61 Å². The summed E-state index contributed by atoms with van der Waals surface area (Å²) >= 11 is 0. The summed E-state index contributed by atoms with van der Waals surface area (Å²) in [5.41, 5.74) is 5.76. The predicted molar refractivity (Wildman–Crippen MR) is 63.0 cm³/mol. The average Bonchev–Trinajstić information content (AvgIpc) is 2.19. The highest BCUT2D eigenvalue weighted by molar-refractivity contribution is 5.85. The molecule has 1 aliphatic rings. The minimum absolute atomic E-state index is 0. The van der Waals surface area contributed by atoms with Crippen LogP contribution in [0.15, 0.2) is 0 Å². The Morgan fingerprint density at radius 1 is 1.40 bits per heavy atom. The van der Waals surface area contributed by atoms with E-state index in [-0.39, 0.29) is 18.4 Å². The largest absolute Gasteiger partial charge is 0.465 e. The maximum atomic E-state index is 11.3. The number of carbonyl (C=O) groups excluding carboxylic acids is 1. The standard InChI is InChI=1S/C11H21NO2.ClH/c1-2-14-11(13)10(12)8-9-6-4-3-5-7-9;/h9-10H,2-8,12H2,1H3;1H/t10-;/m1./s1. The quantitative estimate of drug-likeness (QED) is 0.761. The van der Waals surface area contributed by atoms with Crippen LogP contribution < -0.4 is 5.73 Å². The molecule has 1 aliphatic carbocycles. The molecule has 4 heteroatoms. The molecule has 90 valence electrons. The smallest absolute Gasteiger partial charge is 0.322 e.